The molecule has 0 bridgehead atoms. The highest BCUT2D eigenvalue weighted by Crippen LogP contribution is 2.35. The second kappa shape index (κ2) is 8.26. The number of nitrogens with one attached hydrogen (secondary N) is 2. The van der Waals surface area contributed by atoms with Crippen LogP contribution in [0.15, 0.2) is 22.6 Å². The van der Waals surface area contributed by atoms with E-state index in [-0.39, 0.29) is 28.8 Å². The summed E-state index contributed by atoms with van der Waals surface area (Å²) in [7, 11) is 1.49. The average Bonchev–Trinajstić information content (AvgIpc) is 3.20. The molecule has 0 spiro atoms. The molecule has 3 aromatic rings. The van der Waals surface area contributed by atoms with Crippen LogP contribution in [0, 0.1) is 13.8 Å². The van der Waals surface area contributed by atoms with Crippen LogP contribution in [0.4, 0.5) is 5.00 Å². The van der Waals surface area contributed by atoms with Crippen molar-refractivity contribution in [2.75, 3.05) is 19.0 Å². The first-order chi connectivity index (χ1) is 13.8. The zero-order valence-electron chi connectivity index (χ0n) is 16.3. The summed E-state index contributed by atoms with van der Waals surface area (Å²) in [6, 6.07) is 5.25. The lowest BCUT2D eigenvalue weighted by atomic mass is 10.1. The van der Waals surface area contributed by atoms with Crippen LogP contribution in [0.2, 0.25) is 5.02 Å². The minimum atomic E-state index is -0.615. The molecule has 0 saturated heterocycles. The van der Waals surface area contributed by atoms with E-state index in [2.05, 4.69) is 10.6 Å². The fraction of sp³-hybridized carbons (Fsp3) is 0.250. The van der Waals surface area contributed by atoms with E-state index < -0.39 is 11.9 Å². The molecule has 0 fully saturated rings. The number of para-hydroxylation sites is 1. The molecule has 0 unspecified atom stereocenters. The van der Waals surface area contributed by atoms with Crippen LogP contribution >= 0.6 is 22.9 Å². The minimum Gasteiger partial charge on any atom is -0.462 e. The molecule has 1 aromatic carbocycles. The summed E-state index contributed by atoms with van der Waals surface area (Å²) in [5.74, 6) is -1.44. The van der Waals surface area contributed by atoms with Gasteiger partial charge in [-0.1, -0.05) is 23.7 Å². The average molecular weight is 435 g/mol. The fourth-order valence-electron chi connectivity index (χ4n) is 2.97. The Kier molecular flexibility index (Phi) is 5.95. The number of hydrogen-bond acceptors (Lipinski definition) is 6. The van der Waals surface area contributed by atoms with Crippen molar-refractivity contribution >= 4 is 56.7 Å². The van der Waals surface area contributed by atoms with Crippen LogP contribution in [0.3, 0.4) is 0 Å². The molecule has 2 aromatic heterocycles. The van der Waals surface area contributed by atoms with E-state index >= 15 is 0 Å². The van der Waals surface area contributed by atoms with E-state index in [9.17, 15) is 14.4 Å². The van der Waals surface area contributed by atoms with E-state index in [4.69, 9.17) is 20.8 Å². The van der Waals surface area contributed by atoms with Gasteiger partial charge in [-0.05, 0) is 32.4 Å². The molecule has 152 valence electrons. The van der Waals surface area contributed by atoms with E-state index in [1.54, 1.807) is 39.0 Å². The van der Waals surface area contributed by atoms with Gasteiger partial charge in [0.15, 0.2) is 11.3 Å². The molecule has 0 aliphatic rings. The molecular formula is C20H19ClN2O5S. The van der Waals surface area contributed by atoms with Crippen molar-refractivity contribution in [2.45, 2.75) is 20.8 Å². The zero-order valence-corrected chi connectivity index (χ0v) is 17.8. The SMILES string of the molecule is CCOC(=O)c1c(NC(=O)c2oc3c(Cl)cccc3c2C)sc(C(=O)NC)c1C. The Hall–Kier alpha value is -2.84. The summed E-state index contributed by atoms with van der Waals surface area (Å²) in [5.41, 5.74) is 1.62. The van der Waals surface area contributed by atoms with E-state index in [0.717, 1.165) is 16.7 Å². The Bertz CT molecular complexity index is 1130. The lowest BCUT2D eigenvalue weighted by Crippen LogP contribution is -2.18. The monoisotopic (exact) mass is 434 g/mol. The van der Waals surface area contributed by atoms with Crippen molar-refractivity contribution in [3.63, 3.8) is 0 Å². The summed E-state index contributed by atoms with van der Waals surface area (Å²) in [6.07, 6.45) is 0. The second-order valence-corrected chi connectivity index (χ2v) is 7.61. The van der Waals surface area contributed by atoms with Gasteiger partial charge in [0.1, 0.15) is 5.00 Å². The number of hydrogen-bond donors (Lipinski definition) is 2. The normalized spacial score (nSPS) is 10.8. The summed E-state index contributed by atoms with van der Waals surface area (Å²) in [5, 5.41) is 6.55. The molecule has 29 heavy (non-hydrogen) atoms. The first kappa shape index (κ1) is 20.9. The number of aryl methyl sites for hydroxylation is 1. The number of esters is 1. The second-order valence-electron chi connectivity index (χ2n) is 6.19. The number of anilines is 1. The number of carbonyl (C=O) groups is 3. The van der Waals surface area contributed by atoms with Crippen LogP contribution in [0.5, 0.6) is 0 Å². The van der Waals surface area contributed by atoms with Gasteiger partial charge in [0, 0.05) is 18.0 Å². The summed E-state index contributed by atoms with van der Waals surface area (Å²) >= 11 is 7.15. The number of amides is 2. The lowest BCUT2D eigenvalue weighted by Gasteiger charge is -2.06. The van der Waals surface area contributed by atoms with Crippen LogP contribution < -0.4 is 10.6 Å². The Balaban J connectivity index is 2.04. The standard InChI is InChI=1S/C20H19ClN2O5S/c1-5-27-20(26)13-10(3)16(18(25)22-4)29-19(13)23-17(24)14-9(2)11-7-6-8-12(21)15(11)28-14/h6-8H,5H2,1-4H3,(H,22,25)(H,23,24). The van der Waals surface area contributed by atoms with Crippen molar-refractivity contribution in [1.29, 1.82) is 0 Å². The van der Waals surface area contributed by atoms with Crippen LogP contribution in [0.1, 0.15) is 48.6 Å². The molecule has 0 atom stereocenters. The lowest BCUT2D eigenvalue weighted by molar-refractivity contribution is 0.0527. The van der Waals surface area contributed by atoms with Crippen molar-refractivity contribution in [3.8, 4) is 0 Å². The molecule has 2 heterocycles. The van der Waals surface area contributed by atoms with Gasteiger partial charge in [-0.15, -0.1) is 11.3 Å². The smallest absolute Gasteiger partial charge is 0.341 e. The highest BCUT2D eigenvalue weighted by Gasteiger charge is 2.28. The highest BCUT2D eigenvalue weighted by molar-refractivity contribution is 7.18. The molecule has 0 aliphatic carbocycles. The van der Waals surface area contributed by atoms with Crippen LogP contribution in [-0.4, -0.2) is 31.4 Å². The van der Waals surface area contributed by atoms with E-state index in [1.165, 1.54) is 7.05 Å². The number of ether oxygens (including phenoxy) is 1. The van der Waals surface area contributed by atoms with E-state index in [0.29, 0.717) is 26.6 Å². The van der Waals surface area contributed by atoms with Crippen molar-refractivity contribution < 1.29 is 23.5 Å². The number of furan rings is 1. The third kappa shape index (κ3) is 3.73. The number of fused-ring (bicyclic) bond motifs is 1. The Morgan fingerprint density at radius 3 is 2.52 bits per heavy atom. The van der Waals surface area contributed by atoms with Gasteiger partial charge in [0.05, 0.1) is 22.1 Å². The molecule has 2 N–H and O–H groups in total. The summed E-state index contributed by atoms with van der Waals surface area (Å²) in [4.78, 5) is 37.8. The predicted octanol–water partition coefficient (Wildman–Crippen LogP) is 4.55. The van der Waals surface area contributed by atoms with Gasteiger partial charge in [0.25, 0.3) is 11.8 Å². The van der Waals surface area contributed by atoms with Gasteiger partial charge in [-0.2, -0.15) is 0 Å². The number of rotatable bonds is 5. The molecular weight excluding hydrogens is 416 g/mol. The third-order valence-electron chi connectivity index (χ3n) is 4.41. The first-order valence-electron chi connectivity index (χ1n) is 8.81. The van der Waals surface area contributed by atoms with Crippen LogP contribution in [0.25, 0.3) is 11.0 Å². The molecule has 9 heteroatoms. The Morgan fingerprint density at radius 1 is 1.17 bits per heavy atom. The molecule has 0 saturated carbocycles. The van der Waals surface area contributed by atoms with Gasteiger partial charge < -0.3 is 19.8 Å². The molecule has 7 nitrogen and oxygen atoms in total. The molecule has 0 radical (unpaired) electrons. The summed E-state index contributed by atoms with van der Waals surface area (Å²) < 4.78 is 10.8. The number of thiophene rings is 1. The van der Waals surface area contributed by atoms with E-state index in [1.807, 2.05) is 0 Å². The number of halogens is 1. The van der Waals surface area contributed by atoms with Gasteiger partial charge in [0.2, 0.25) is 0 Å². The number of benzene rings is 1. The molecule has 0 aliphatic heterocycles. The molecule has 2 amide bonds. The zero-order chi connectivity index (χ0) is 21.3. The van der Waals surface area contributed by atoms with Crippen molar-refractivity contribution in [1.82, 2.24) is 5.32 Å². The van der Waals surface area contributed by atoms with Crippen LogP contribution in [-0.2, 0) is 4.74 Å². The fourth-order valence-corrected chi connectivity index (χ4v) is 4.32. The predicted molar refractivity (Wildman–Crippen MR) is 112 cm³/mol. The largest absolute Gasteiger partial charge is 0.462 e. The van der Waals surface area contributed by atoms with Gasteiger partial charge >= 0.3 is 5.97 Å². The molecule has 3 rings (SSSR count). The van der Waals surface area contributed by atoms with Gasteiger partial charge in [-0.3, -0.25) is 9.59 Å². The topological polar surface area (TPSA) is 97.6 Å². The maximum atomic E-state index is 12.9. The Labute approximate surface area is 176 Å². The Morgan fingerprint density at radius 2 is 1.90 bits per heavy atom. The van der Waals surface area contributed by atoms with Crippen molar-refractivity contribution in [2.24, 2.45) is 0 Å². The maximum absolute atomic E-state index is 12.9. The highest BCUT2D eigenvalue weighted by atomic mass is 35.5. The third-order valence-corrected chi connectivity index (χ3v) is 5.91. The first-order valence-corrected chi connectivity index (χ1v) is 10.0. The van der Waals surface area contributed by atoms with Crippen molar-refractivity contribution in [3.05, 3.63) is 50.5 Å². The minimum absolute atomic E-state index is 0.0791. The van der Waals surface area contributed by atoms with Gasteiger partial charge in [-0.25, -0.2) is 4.79 Å². The summed E-state index contributed by atoms with van der Waals surface area (Å²) in [6.45, 7) is 5.23. The quantitative estimate of drug-likeness (QED) is 0.574. The number of carbonyl (C=O) groups excluding carboxylic acids is 3. The maximum Gasteiger partial charge on any atom is 0.341 e.